The molecule has 0 saturated heterocycles. The summed E-state index contributed by atoms with van der Waals surface area (Å²) in [5.41, 5.74) is 1.26. The highest BCUT2D eigenvalue weighted by Gasteiger charge is 2.07. The fourth-order valence-electron chi connectivity index (χ4n) is 1.34. The fourth-order valence-corrected chi connectivity index (χ4v) is 1.34. The Labute approximate surface area is 102 Å². The highest BCUT2D eigenvalue weighted by molar-refractivity contribution is 6.02. The number of aliphatic carboxylic acids is 1. The summed E-state index contributed by atoms with van der Waals surface area (Å²) in [7, 11) is 0. The number of nitrogens with one attached hydrogen (secondary N) is 2. The molecule has 0 radical (unpaired) electrons. The lowest BCUT2D eigenvalue weighted by Crippen LogP contribution is -2.12. The average molecular weight is 246 g/mol. The summed E-state index contributed by atoms with van der Waals surface area (Å²) in [6.45, 7) is 0. The van der Waals surface area contributed by atoms with E-state index in [-0.39, 0.29) is 12.3 Å². The van der Waals surface area contributed by atoms with Crippen molar-refractivity contribution in [2.45, 2.75) is 6.42 Å². The first-order chi connectivity index (χ1) is 8.65. The van der Waals surface area contributed by atoms with Crippen molar-refractivity contribution >= 4 is 17.6 Å². The number of carboxylic acids is 1. The molecule has 0 aliphatic heterocycles. The quantitative estimate of drug-likeness (QED) is 0.735. The number of rotatable bonds is 4. The van der Waals surface area contributed by atoms with Crippen LogP contribution in [-0.4, -0.2) is 31.9 Å². The SMILES string of the molecule is O=C(O)Cc1ccc(NC(=O)c2cnc[nH]2)cn1. The summed E-state index contributed by atoms with van der Waals surface area (Å²) in [5, 5.41) is 11.2. The monoisotopic (exact) mass is 246 g/mol. The summed E-state index contributed by atoms with van der Waals surface area (Å²) in [5.74, 6) is -1.28. The Morgan fingerprint density at radius 3 is 2.72 bits per heavy atom. The molecule has 0 aliphatic rings. The van der Waals surface area contributed by atoms with E-state index >= 15 is 0 Å². The van der Waals surface area contributed by atoms with Gasteiger partial charge in [-0.2, -0.15) is 0 Å². The van der Waals surface area contributed by atoms with Crippen molar-refractivity contribution < 1.29 is 14.7 Å². The highest BCUT2D eigenvalue weighted by Crippen LogP contribution is 2.08. The number of nitrogens with zero attached hydrogens (tertiary/aromatic N) is 2. The molecule has 0 saturated carbocycles. The summed E-state index contributed by atoms with van der Waals surface area (Å²) in [6.07, 6.45) is 4.08. The lowest BCUT2D eigenvalue weighted by Gasteiger charge is -2.03. The number of pyridine rings is 1. The zero-order valence-corrected chi connectivity index (χ0v) is 9.25. The number of carbonyl (C=O) groups excluding carboxylic acids is 1. The standard InChI is InChI=1S/C11H10N4O3/c16-10(17)3-7-1-2-8(4-13-7)15-11(18)9-5-12-6-14-9/h1-2,4-6H,3H2,(H,12,14)(H,15,18)(H,16,17). The Bertz CT molecular complexity index is 548. The molecule has 0 bridgehead atoms. The van der Waals surface area contributed by atoms with Gasteiger partial charge in [-0.1, -0.05) is 0 Å². The van der Waals surface area contributed by atoms with Crippen LogP contribution >= 0.6 is 0 Å². The summed E-state index contributed by atoms with van der Waals surface area (Å²) in [6, 6.07) is 3.15. The maximum atomic E-state index is 11.6. The lowest BCUT2D eigenvalue weighted by molar-refractivity contribution is -0.136. The van der Waals surface area contributed by atoms with E-state index in [4.69, 9.17) is 5.11 Å². The van der Waals surface area contributed by atoms with E-state index in [0.29, 0.717) is 17.1 Å². The summed E-state index contributed by atoms with van der Waals surface area (Å²) in [4.78, 5) is 32.4. The molecule has 0 aromatic carbocycles. The summed E-state index contributed by atoms with van der Waals surface area (Å²) < 4.78 is 0. The average Bonchev–Trinajstić information content (AvgIpc) is 2.84. The van der Waals surface area contributed by atoms with Crippen LogP contribution in [0.4, 0.5) is 5.69 Å². The van der Waals surface area contributed by atoms with E-state index in [1.807, 2.05) is 0 Å². The molecule has 0 spiro atoms. The number of imidazole rings is 1. The number of carboxylic acid groups (broad SMARTS) is 1. The molecule has 0 atom stereocenters. The smallest absolute Gasteiger partial charge is 0.309 e. The van der Waals surface area contributed by atoms with Gasteiger partial charge in [-0.25, -0.2) is 4.98 Å². The molecule has 7 nitrogen and oxygen atoms in total. The van der Waals surface area contributed by atoms with Gasteiger partial charge in [0.15, 0.2) is 0 Å². The van der Waals surface area contributed by atoms with Crippen molar-refractivity contribution in [1.82, 2.24) is 15.0 Å². The molecule has 2 heterocycles. The van der Waals surface area contributed by atoms with Crippen molar-refractivity contribution in [1.29, 1.82) is 0 Å². The fraction of sp³-hybridized carbons (Fsp3) is 0.0909. The van der Waals surface area contributed by atoms with E-state index in [0.717, 1.165) is 0 Å². The zero-order chi connectivity index (χ0) is 13.0. The Hall–Kier alpha value is -2.70. The van der Waals surface area contributed by atoms with Crippen LogP contribution in [0.25, 0.3) is 0 Å². The largest absolute Gasteiger partial charge is 0.481 e. The molecule has 3 N–H and O–H groups in total. The second-order valence-electron chi connectivity index (χ2n) is 3.53. The third-order valence-electron chi connectivity index (χ3n) is 2.16. The van der Waals surface area contributed by atoms with Crippen LogP contribution in [0.15, 0.2) is 30.9 Å². The van der Waals surface area contributed by atoms with E-state index in [1.165, 1.54) is 18.7 Å². The molecule has 0 unspecified atom stereocenters. The maximum Gasteiger partial charge on any atom is 0.309 e. The number of carbonyl (C=O) groups is 2. The minimum Gasteiger partial charge on any atom is -0.481 e. The first-order valence-corrected chi connectivity index (χ1v) is 5.11. The minimum absolute atomic E-state index is 0.144. The topological polar surface area (TPSA) is 108 Å². The number of aromatic amines is 1. The first-order valence-electron chi connectivity index (χ1n) is 5.11. The van der Waals surface area contributed by atoms with Gasteiger partial charge in [0, 0.05) is 0 Å². The van der Waals surface area contributed by atoms with Crippen molar-refractivity contribution in [3.63, 3.8) is 0 Å². The molecule has 0 fully saturated rings. The predicted molar refractivity (Wildman–Crippen MR) is 62.1 cm³/mol. The van der Waals surface area contributed by atoms with Crippen LogP contribution in [0.1, 0.15) is 16.2 Å². The highest BCUT2D eigenvalue weighted by atomic mass is 16.4. The van der Waals surface area contributed by atoms with Crippen molar-refractivity contribution in [2.75, 3.05) is 5.32 Å². The number of amides is 1. The van der Waals surface area contributed by atoms with Gasteiger partial charge in [0.1, 0.15) is 5.69 Å². The van der Waals surface area contributed by atoms with Gasteiger partial charge in [0.25, 0.3) is 5.91 Å². The van der Waals surface area contributed by atoms with Crippen molar-refractivity contribution in [2.24, 2.45) is 0 Å². The Morgan fingerprint density at radius 1 is 1.33 bits per heavy atom. The van der Waals surface area contributed by atoms with Crippen LogP contribution in [-0.2, 0) is 11.2 Å². The van der Waals surface area contributed by atoms with E-state index < -0.39 is 5.97 Å². The Kier molecular flexibility index (Phi) is 3.33. The number of hydrogen-bond acceptors (Lipinski definition) is 4. The van der Waals surface area contributed by atoms with Gasteiger partial charge in [0.05, 0.1) is 36.5 Å². The van der Waals surface area contributed by atoms with Crippen LogP contribution in [0.2, 0.25) is 0 Å². The van der Waals surface area contributed by atoms with Crippen LogP contribution < -0.4 is 5.32 Å². The molecule has 0 aliphatic carbocycles. The second kappa shape index (κ2) is 5.09. The molecule has 18 heavy (non-hydrogen) atoms. The predicted octanol–water partition coefficient (Wildman–Crippen LogP) is 0.684. The van der Waals surface area contributed by atoms with Crippen molar-refractivity contribution in [3.8, 4) is 0 Å². The first kappa shape index (κ1) is 11.8. The molecule has 92 valence electrons. The third kappa shape index (κ3) is 2.91. The minimum atomic E-state index is -0.947. The second-order valence-corrected chi connectivity index (χ2v) is 3.53. The normalized spacial score (nSPS) is 10.0. The lowest BCUT2D eigenvalue weighted by atomic mass is 10.2. The van der Waals surface area contributed by atoms with Gasteiger partial charge in [-0.3, -0.25) is 14.6 Å². The van der Waals surface area contributed by atoms with Gasteiger partial charge >= 0.3 is 5.97 Å². The number of aromatic nitrogens is 3. The number of anilines is 1. The maximum absolute atomic E-state index is 11.6. The molecule has 2 rings (SSSR count). The van der Waals surface area contributed by atoms with Crippen LogP contribution in [0.3, 0.4) is 0 Å². The van der Waals surface area contributed by atoms with Crippen LogP contribution in [0.5, 0.6) is 0 Å². The number of H-pyrrole nitrogens is 1. The molecule has 7 heteroatoms. The van der Waals surface area contributed by atoms with Gasteiger partial charge in [0.2, 0.25) is 0 Å². The van der Waals surface area contributed by atoms with Gasteiger partial charge in [-0.15, -0.1) is 0 Å². The zero-order valence-electron chi connectivity index (χ0n) is 9.25. The molecule has 2 aromatic rings. The van der Waals surface area contributed by atoms with Gasteiger partial charge < -0.3 is 15.4 Å². The number of hydrogen-bond donors (Lipinski definition) is 3. The molecular weight excluding hydrogens is 236 g/mol. The van der Waals surface area contributed by atoms with E-state index in [1.54, 1.807) is 12.1 Å². The molecule has 1 amide bonds. The molecular formula is C11H10N4O3. The third-order valence-corrected chi connectivity index (χ3v) is 2.16. The van der Waals surface area contributed by atoms with E-state index in [9.17, 15) is 9.59 Å². The Balaban J connectivity index is 2.02. The van der Waals surface area contributed by atoms with Gasteiger partial charge in [-0.05, 0) is 12.1 Å². The van der Waals surface area contributed by atoms with Crippen LogP contribution in [0, 0.1) is 0 Å². The Morgan fingerprint density at radius 2 is 2.17 bits per heavy atom. The van der Waals surface area contributed by atoms with E-state index in [2.05, 4.69) is 20.3 Å². The summed E-state index contributed by atoms with van der Waals surface area (Å²) >= 11 is 0. The van der Waals surface area contributed by atoms with Crippen molar-refractivity contribution in [3.05, 3.63) is 42.2 Å². The molecule has 2 aromatic heterocycles.